The smallest absolute Gasteiger partial charge is 0.265 e. The van der Waals surface area contributed by atoms with Gasteiger partial charge >= 0.3 is 0 Å². The van der Waals surface area contributed by atoms with Gasteiger partial charge in [-0.05, 0) is 55.2 Å². The van der Waals surface area contributed by atoms with Crippen LogP contribution in [0.25, 0.3) is 0 Å². The Morgan fingerprint density at radius 2 is 2.12 bits per heavy atom. The normalized spacial score (nSPS) is 14.6. The number of benzene rings is 2. The lowest BCUT2D eigenvalue weighted by atomic mass is 10.0. The molecule has 1 aliphatic rings. The van der Waals surface area contributed by atoms with Gasteiger partial charge in [-0.25, -0.2) is 0 Å². The standard InChI is InChI=1S/C21H26N2O3/c1-3-18(22)16-8-9-20-19(13-16)23(21(24)14-26-20)10-5-11-25-17-7-4-6-15(2)12-17/h4,6-9,12-13,18H,3,5,10-11,14,22H2,1-2H3. The Kier molecular flexibility index (Phi) is 5.78. The molecule has 0 fully saturated rings. The topological polar surface area (TPSA) is 64.8 Å². The van der Waals surface area contributed by atoms with Gasteiger partial charge in [-0.2, -0.15) is 0 Å². The molecule has 2 aromatic rings. The number of nitrogens with zero attached hydrogens (tertiary/aromatic N) is 1. The number of carbonyl (C=O) groups excluding carboxylic acids is 1. The van der Waals surface area contributed by atoms with E-state index in [4.69, 9.17) is 15.2 Å². The van der Waals surface area contributed by atoms with Crippen LogP contribution in [0.2, 0.25) is 0 Å². The minimum absolute atomic E-state index is 0.0322. The summed E-state index contributed by atoms with van der Waals surface area (Å²) < 4.78 is 11.4. The number of hydrogen-bond acceptors (Lipinski definition) is 4. The Bertz CT molecular complexity index is 776. The molecule has 26 heavy (non-hydrogen) atoms. The van der Waals surface area contributed by atoms with E-state index in [0.29, 0.717) is 13.2 Å². The zero-order valence-corrected chi connectivity index (χ0v) is 15.4. The number of ether oxygens (including phenoxy) is 2. The predicted octanol–water partition coefficient (Wildman–Crippen LogP) is 3.60. The molecule has 1 heterocycles. The lowest BCUT2D eigenvalue weighted by molar-refractivity contribution is -0.121. The highest BCUT2D eigenvalue weighted by Crippen LogP contribution is 2.34. The van der Waals surface area contributed by atoms with Gasteiger partial charge in [0.1, 0.15) is 11.5 Å². The van der Waals surface area contributed by atoms with Crippen LogP contribution in [0.4, 0.5) is 5.69 Å². The molecule has 0 aliphatic carbocycles. The molecule has 0 saturated heterocycles. The summed E-state index contributed by atoms with van der Waals surface area (Å²) in [5.41, 5.74) is 9.13. The van der Waals surface area contributed by atoms with E-state index in [9.17, 15) is 4.79 Å². The minimum Gasteiger partial charge on any atom is -0.494 e. The quantitative estimate of drug-likeness (QED) is 0.772. The van der Waals surface area contributed by atoms with E-state index < -0.39 is 0 Å². The van der Waals surface area contributed by atoms with Crippen molar-refractivity contribution in [1.29, 1.82) is 0 Å². The number of carbonyl (C=O) groups is 1. The maximum atomic E-state index is 12.3. The van der Waals surface area contributed by atoms with Crippen LogP contribution >= 0.6 is 0 Å². The number of anilines is 1. The van der Waals surface area contributed by atoms with Crippen molar-refractivity contribution in [1.82, 2.24) is 0 Å². The second-order valence-electron chi connectivity index (χ2n) is 6.59. The summed E-state index contributed by atoms with van der Waals surface area (Å²) in [6.45, 7) is 5.30. The third kappa shape index (κ3) is 4.17. The molecule has 5 nitrogen and oxygen atoms in total. The molecule has 5 heteroatoms. The average Bonchev–Trinajstić information content (AvgIpc) is 2.65. The van der Waals surface area contributed by atoms with Crippen LogP contribution in [0.15, 0.2) is 42.5 Å². The van der Waals surface area contributed by atoms with Gasteiger partial charge in [0, 0.05) is 12.6 Å². The van der Waals surface area contributed by atoms with Crippen molar-refractivity contribution in [2.45, 2.75) is 32.7 Å². The zero-order chi connectivity index (χ0) is 18.5. The van der Waals surface area contributed by atoms with Crippen LogP contribution in [-0.4, -0.2) is 25.7 Å². The van der Waals surface area contributed by atoms with Gasteiger partial charge in [-0.15, -0.1) is 0 Å². The van der Waals surface area contributed by atoms with Crippen LogP contribution < -0.4 is 20.1 Å². The molecule has 1 amide bonds. The van der Waals surface area contributed by atoms with Gasteiger partial charge in [0.15, 0.2) is 6.61 Å². The van der Waals surface area contributed by atoms with E-state index in [1.165, 1.54) is 5.56 Å². The number of hydrogen-bond donors (Lipinski definition) is 1. The molecule has 0 saturated carbocycles. The maximum absolute atomic E-state index is 12.3. The molecule has 2 N–H and O–H groups in total. The lowest BCUT2D eigenvalue weighted by Crippen LogP contribution is -2.40. The van der Waals surface area contributed by atoms with Gasteiger partial charge in [-0.3, -0.25) is 4.79 Å². The molecule has 138 valence electrons. The number of rotatable bonds is 7. The summed E-state index contributed by atoms with van der Waals surface area (Å²) in [5.74, 6) is 1.56. The van der Waals surface area contributed by atoms with E-state index in [2.05, 4.69) is 0 Å². The van der Waals surface area contributed by atoms with Gasteiger partial charge in [0.25, 0.3) is 5.91 Å². The SMILES string of the molecule is CCC(N)c1ccc2c(c1)N(CCCOc1cccc(C)c1)C(=O)CO2. The van der Waals surface area contributed by atoms with E-state index in [-0.39, 0.29) is 18.6 Å². The molecule has 2 aromatic carbocycles. The first-order valence-corrected chi connectivity index (χ1v) is 9.10. The van der Waals surface area contributed by atoms with Crippen LogP contribution in [0.3, 0.4) is 0 Å². The van der Waals surface area contributed by atoms with Gasteiger partial charge < -0.3 is 20.1 Å². The van der Waals surface area contributed by atoms with Crippen molar-refractivity contribution >= 4 is 11.6 Å². The van der Waals surface area contributed by atoms with Gasteiger partial charge in [0.2, 0.25) is 0 Å². The fraction of sp³-hybridized carbons (Fsp3) is 0.381. The van der Waals surface area contributed by atoms with E-state index in [1.807, 2.05) is 56.3 Å². The minimum atomic E-state index is -0.0381. The van der Waals surface area contributed by atoms with Crippen LogP contribution in [0, 0.1) is 6.92 Å². The first-order chi connectivity index (χ1) is 12.6. The summed E-state index contributed by atoms with van der Waals surface area (Å²) >= 11 is 0. The Labute approximate surface area is 154 Å². The Hall–Kier alpha value is -2.53. The van der Waals surface area contributed by atoms with E-state index in [1.54, 1.807) is 4.90 Å². The number of amides is 1. The lowest BCUT2D eigenvalue weighted by Gasteiger charge is -2.30. The Balaban J connectivity index is 1.65. The second kappa shape index (κ2) is 8.23. The van der Waals surface area contributed by atoms with Gasteiger partial charge in [0.05, 0.1) is 12.3 Å². The monoisotopic (exact) mass is 354 g/mol. The largest absolute Gasteiger partial charge is 0.494 e. The molecule has 1 atom stereocenters. The molecule has 0 aromatic heterocycles. The summed E-state index contributed by atoms with van der Waals surface area (Å²) in [6, 6.07) is 13.8. The molecule has 1 aliphatic heterocycles. The number of aryl methyl sites for hydroxylation is 1. The van der Waals surface area contributed by atoms with Crippen molar-refractivity contribution in [3.8, 4) is 11.5 Å². The Morgan fingerprint density at radius 1 is 1.27 bits per heavy atom. The first kappa shape index (κ1) is 18.3. The maximum Gasteiger partial charge on any atom is 0.265 e. The molecule has 0 bridgehead atoms. The van der Waals surface area contributed by atoms with Crippen LogP contribution in [0.1, 0.15) is 36.9 Å². The van der Waals surface area contributed by atoms with Crippen LogP contribution in [0.5, 0.6) is 11.5 Å². The first-order valence-electron chi connectivity index (χ1n) is 9.10. The van der Waals surface area contributed by atoms with E-state index >= 15 is 0 Å². The number of fused-ring (bicyclic) bond motifs is 1. The average molecular weight is 354 g/mol. The molecule has 1 unspecified atom stereocenters. The summed E-state index contributed by atoms with van der Waals surface area (Å²) in [4.78, 5) is 14.1. The number of nitrogens with two attached hydrogens (primary N) is 1. The predicted molar refractivity (Wildman–Crippen MR) is 103 cm³/mol. The highest BCUT2D eigenvalue weighted by atomic mass is 16.5. The molecule has 0 radical (unpaired) electrons. The van der Waals surface area contributed by atoms with Gasteiger partial charge in [-0.1, -0.05) is 25.1 Å². The van der Waals surface area contributed by atoms with Crippen molar-refractivity contribution in [3.63, 3.8) is 0 Å². The highest BCUT2D eigenvalue weighted by Gasteiger charge is 2.26. The van der Waals surface area contributed by atoms with Crippen molar-refractivity contribution < 1.29 is 14.3 Å². The van der Waals surface area contributed by atoms with Crippen molar-refractivity contribution in [2.75, 3.05) is 24.7 Å². The van der Waals surface area contributed by atoms with Crippen LogP contribution in [-0.2, 0) is 4.79 Å². The molecular weight excluding hydrogens is 328 g/mol. The molecule has 0 spiro atoms. The third-order valence-corrected chi connectivity index (χ3v) is 4.58. The highest BCUT2D eigenvalue weighted by molar-refractivity contribution is 5.97. The summed E-state index contributed by atoms with van der Waals surface area (Å²) in [6.07, 6.45) is 1.58. The van der Waals surface area contributed by atoms with Crippen molar-refractivity contribution in [2.24, 2.45) is 5.73 Å². The second-order valence-corrected chi connectivity index (χ2v) is 6.59. The zero-order valence-electron chi connectivity index (χ0n) is 15.4. The summed E-state index contributed by atoms with van der Waals surface area (Å²) in [7, 11) is 0. The van der Waals surface area contributed by atoms with Crippen molar-refractivity contribution in [3.05, 3.63) is 53.6 Å². The Morgan fingerprint density at radius 3 is 2.88 bits per heavy atom. The fourth-order valence-electron chi connectivity index (χ4n) is 3.05. The summed E-state index contributed by atoms with van der Waals surface area (Å²) in [5, 5.41) is 0. The fourth-order valence-corrected chi connectivity index (χ4v) is 3.05. The molecule has 3 rings (SSSR count). The molecular formula is C21H26N2O3. The third-order valence-electron chi connectivity index (χ3n) is 4.58. The van der Waals surface area contributed by atoms with E-state index in [0.717, 1.165) is 35.6 Å².